The molecule has 0 saturated heterocycles. The van der Waals surface area contributed by atoms with E-state index in [-0.39, 0.29) is 132 Å². The van der Waals surface area contributed by atoms with E-state index in [0.717, 1.165) is 0 Å². The van der Waals surface area contributed by atoms with Gasteiger partial charge in [0, 0.05) is 0 Å². The van der Waals surface area contributed by atoms with Gasteiger partial charge >= 0.3 is 141 Å². The van der Waals surface area contributed by atoms with Crippen LogP contribution in [0, 0.1) is 0 Å². The van der Waals surface area contributed by atoms with Gasteiger partial charge in [0.2, 0.25) is 0 Å². The molecule has 0 atom stereocenters. The zero-order valence-corrected chi connectivity index (χ0v) is 17.5. The molecule has 0 aliphatic carbocycles. The van der Waals surface area contributed by atoms with Crippen molar-refractivity contribution in [1.29, 1.82) is 0 Å². The summed E-state index contributed by atoms with van der Waals surface area (Å²) in [5.74, 6) is 0. The van der Waals surface area contributed by atoms with E-state index in [0.29, 0.717) is 0 Å². The van der Waals surface area contributed by atoms with E-state index >= 15 is 0 Å². The molecule has 0 aromatic rings. The Labute approximate surface area is 183 Å². The summed E-state index contributed by atoms with van der Waals surface area (Å²) in [5, 5.41) is 0. The molecule has 0 aromatic heterocycles. The summed E-state index contributed by atoms with van der Waals surface area (Å²) in [7, 11) is -10.0. The van der Waals surface area contributed by atoms with Crippen LogP contribution in [0.2, 0.25) is 0 Å². The number of rotatable bonds is 0. The Kier molecular flexibility index (Phi) is 34.0. The molecule has 4 N–H and O–H groups in total. The Hall–Kier alpha value is 4.44. The molecule has 0 rings (SSSR count). The van der Waals surface area contributed by atoms with Gasteiger partial charge in [-0.1, -0.05) is 0 Å². The largest absolute Gasteiger partial charge is 1.00 e. The summed E-state index contributed by atoms with van der Waals surface area (Å²) < 4.78 is 8.55. The standard InChI is InChI=1S/2K.Na.H3O4P.H4O4Si/c;;;2*1-5(2,3)4/h;;;(H3,1,2,3,4);1-4H/q3*+1;;/p-3. The summed E-state index contributed by atoms with van der Waals surface area (Å²) >= 11 is 0. The van der Waals surface area contributed by atoms with Crippen LogP contribution in [0.15, 0.2) is 0 Å². The van der Waals surface area contributed by atoms with Crippen LogP contribution in [0.25, 0.3) is 0 Å². The first-order valence-corrected chi connectivity index (χ1v) is 4.87. The van der Waals surface area contributed by atoms with Crippen molar-refractivity contribution in [3.63, 3.8) is 0 Å². The first kappa shape index (κ1) is 30.5. The first-order chi connectivity index (χ1) is 4.00. The summed E-state index contributed by atoms with van der Waals surface area (Å²) in [4.78, 5) is 55.0. The molecular formula is H4K2NaO8PSi. The summed E-state index contributed by atoms with van der Waals surface area (Å²) in [6.45, 7) is 0. The van der Waals surface area contributed by atoms with Crippen LogP contribution >= 0.6 is 7.82 Å². The van der Waals surface area contributed by atoms with Gasteiger partial charge in [-0.25, -0.2) is 0 Å². The first-order valence-electron chi connectivity index (χ1n) is 1.62. The monoisotopic (exact) mass is 292 g/mol. The Morgan fingerprint density at radius 1 is 0.923 bits per heavy atom. The summed E-state index contributed by atoms with van der Waals surface area (Å²) in [6.07, 6.45) is 0. The fourth-order valence-corrected chi connectivity index (χ4v) is 0. The van der Waals surface area contributed by atoms with Crippen LogP contribution in [0.3, 0.4) is 0 Å². The smallest absolute Gasteiger partial charge is 0.822 e. The molecule has 0 amide bonds. The zero-order valence-electron chi connectivity index (χ0n) is 7.37. The van der Waals surface area contributed by atoms with Gasteiger partial charge in [-0.05, 0) is 0 Å². The molecule has 13 heavy (non-hydrogen) atoms. The van der Waals surface area contributed by atoms with Gasteiger partial charge in [-0.15, -0.1) is 0 Å². The Morgan fingerprint density at radius 2 is 0.923 bits per heavy atom. The van der Waals surface area contributed by atoms with Crippen molar-refractivity contribution >= 4 is 16.9 Å². The van der Waals surface area contributed by atoms with Crippen molar-refractivity contribution in [2.45, 2.75) is 0 Å². The third-order valence-corrected chi connectivity index (χ3v) is 0. The van der Waals surface area contributed by atoms with Crippen LogP contribution < -0.4 is 147 Å². The van der Waals surface area contributed by atoms with Crippen LogP contribution in [-0.2, 0) is 4.57 Å². The van der Waals surface area contributed by atoms with E-state index in [2.05, 4.69) is 0 Å². The second-order valence-electron chi connectivity index (χ2n) is 1.05. The van der Waals surface area contributed by atoms with Crippen molar-refractivity contribution in [2.75, 3.05) is 0 Å². The topological polar surface area (TPSA) is 167 Å². The Morgan fingerprint density at radius 3 is 0.923 bits per heavy atom. The quantitative estimate of drug-likeness (QED) is 0.252. The van der Waals surface area contributed by atoms with Gasteiger partial charge in [0.05, 0.1) is 0 Å². The predicted molar refractivity (Wildman–Crippen MR) is 22.2 cm³/mol. The van der Waals surface area contributed by atoms with Gasteiger partial charge in [0.25, 0.3) is 0 Å². The van der Waals surface area contributed by atoms with Gasteiger partial charge < -0.3 is 38.4 Å². The fraction of sp³-hybridized carbons (Fsp3) is 0. The van der Waals surface area contributed by atoms with Gasteiger partial charge in [-0.3, -0.25) is 0 Å². The molecule has 0 bridgehead atoms. The SMILES string of the molecule is O=P([O-])([O-])[O-].O[Si](O)(O)O.[K+].[K+].[Na+]. The molecule has 0 unspecified atom stereocenters. The van der Waals surface area contributed by atoms with E-state index in [9.17, 15) is 0 Å². The molecule has 0 saturated carbocycles. The van der Waals surface area contributed by atoms with Crippen LogP contribution in [0.5, 0.6) is 0 Å². The van der Waals surface area contributed by atoms with Crippen LogP contribution in [0.4, 0.5) is 0 Å². The molecular weight excluding hydrogens is 288 g/mol. The normalized spacial score (nSPS) is 9.15. The second kappa shape index (κ2) is 14.5. The van der Waals surface area contributed by atoms with E-state index < -0.39 is 16.9 Å². The predicted octanol–water partition coefficient (Wildman–Crippen LogP) is -14.4. The van der Waals surface area contributed by atoms with Crippen molar-refractivity contribution in [2.24, 2.45) is 0 Å². The molecule has 0 aromatic carbocycles. The number of phosphoric acid groups is 1. The van der Waals surface area contributed by atoms with Gasteiger partial charge in [0.15, 0.2) is 0 Å². The number of hydrogen-bond donors (Lipinski definition) is 4. The average molecular weight is 292 g/mol. The molecule has 0 spiro atoms. The Bertz CT molecular complexity index is 114. The maximum absolute atomic E-state index is 8.55. The molecule has 0 heterocycles. The molecule has 0 radical (unpaired) electrons. The third kappa shape index (κ3) is 174. The third-order valence-electron chi connectivity index (χ3n) is 0. The van der Waals surface area contributed by atoms with Gasteiger partial charge in [-0.2, -0.15) is 7.82 Å². The molecule has 8 nitrogen and oxygen atoms in total. The molecule has 0 aliphatic heterocycles. The summed E-state index contributed by atoms with van der Waals surface area (Å²) in [6, 6.07) is 0. The zero-order chi connectivity index (χ0) is 9.00. The molecule has 64 valence electrons. The van der Waals surface area contributed by atoms with Crippen molar-refractivity contribution < 1.29 is 171 Å². The molecule has 0 aliphatic rings. The van der Waals surface area contributed by atoms with E-state index in [1.165, 1.54) is 0 Å². The average Bonchev–Trinajstić information content (AvgIpc) is 1.12. The van der Waals surface area contributed by atoms with Gasteiger partial charge in [0.1, 0.15) is 0 Å². The van der Waals surface area contributed by atoms with Crippen molar-refractivity contribution in [3.8, 4) is 0 Å². The van der Waals surface area contributed by atoms with Crippen LogP contribution in [0.1, 0.15) is 0 Å². The maximum atomic E-state index is 8.55. The maximum Gasteiger partial charge on any atom is 1.00 e. The number of hydrogen-bond acceptors (Lipinski definition) is 8. The minimum atomic E-state index is -5.39. The molecule has 13 heteroatoms. The van der Waals surface area contributed by atoms with E-state index in [4.69, 9.17) is 38.4 Å². The minimum Gasteiger partial charge on any atom is -0.822 e. The fourth-order valence-electron chi connectivity index (χ4n) is 0. The summed E-state index contributed by atoms with van der Waals surface area (Å²) in [5.41, 5.74) is 0. The Balaban J connectivity index is -0.0000000267. The minimum absolute atomic E-state index is 0. The van der Waals surface area contributed by atoms with Crippen LogP contribution in [-0.4, -0.2) is 28.2 Å². The molecule has 0 fully saturated rings. The van der Waals surface area contributed by atoms with Crippen molar-refractivity contribution in [1.82, 2.24) is 0 Å². The second-order valence-corrected chi connectivity index (χ2v) is 3.14. The van der Waals surface area contributed by atoms with Crippen molar-refractivity contribution in [3.05, 3.63) is 0 Å². The van der Waals surface area contributed by atoms with E-state index in [1.807, 2.05) is 0 Å². The van der Waals surface area contributed by atoms with E-state index in [1.54, 1.807) is 0 Å².